The smallest absolute Gasteiger partial charge is 0.194 e. The normalized spacial score (nSPS) is 11.1. The first-order valence-electron chi connectivity index (χ1n) is 5.24. The van der Waals surface area contributed by atoms with E-state index >= 15 is 0 Å². The number of carbonyl (C=O) groups is 1. The Hall–Kier alpha value is -1.16. The molecule has 15 heavy (non-hydrogen) atoms. The van der Waals surface area contributed by atoms with Crippen molar-refractivity contribution < 1.29 is 4.79 Å². The van der Waals surface area contributed by atoms with Crippen molar-refractivity contribution in [2.24, 2.45) is 0 Å². The molecule has 2 aromatic heterocycles. The van der Waals surface area contributed by atoms with E-state index in [2.05, 4.69) is 24.2 Å². The van der Waals surface area contributed by atoms with Crippen molar-refractivity contribution >= 4 is 22.6 Å². The third-order valence-corrected chi connectivity index (χ3v) is 3.38. The zero-order valence-corrected chi connectivity index (χ0v) is 9.80. The molecule has 0 radical (unpaired) electrons. The van der Waals surface area contributed by atoms with E-state index in [4.69, 9.17) is 0 Å². The molecule has 2 rings (SSSR count). The first-order chi connectivity index (χ1) is 7.31. The van der Waals surface area contributed by atoms with Gasteiger partial charge in [0.25, 0.3) is 0 Å². The number of hydrogen-bond donors (Lipinski definition) is 0. The largest absolute Gasteiger partial charge is 0.296 e. The van der Waals surface area contributed by atoms with Crippen molar-refractivity contribution in [3.05, 3.63) is 22.5 Å². The SMILES string of the molecule is CCCc1nc2scc(CC)n2c1C=O. The van der Waals surface area contributed by atoms with Crippen molar-refractivity contribution in [2.45, 2.75) is 33.1 Å². The number of nitrogens with zero attached hydrogens (tertiary/aromatic N) is 2. The van der Waals surface area contributed by atoms with Gasteiger partial charge in [0, 0.05) is 11.1 Å². The van der Waals surface area contributed by atoms with E-state index in [1.165, 1.54) is 5.69 Å². The molecule has 4 heteroatoms. The Kier molecular flexibility index (Phi) is 2.86. The lowest BCUT2D eigenvalue weighted by atomic mass is 10.2. The minimum atomic E-state index is 0.741. The summed E-state index contributed by atoms with van der Waals surface area (Å²) in [4.78, 5) is 16.5. The molecule has 0 aromatic carbocycles. The molecular formula is C11H14N2OS. The van der Waals surface area contributed by atoms with E-state index in [1.807, 2.05) is 4.40 Å². The van der Waals surface area contributed by atoms with Gasteiger partial charge in [-0.2, -0.15) is 0 Å². The minimum Gasteiger partial charge on any atom is -0.296 e. The highest BCUT2D eigenvalue weighted by Gasteiger charge is 2.14. The van der Waals surface area contributed by atoms with E-state index in [0.29, 0.717) is 0 Å². The number of fused-ring (bicyclic) bond motifs is 1. The van der Waals surface area contributed by atoms with Crippen LogP contribution in [0.25, 0.3) is 4.96 Å². The standard InChI is InChI=1S/C11H14N2OS/c1-3-5-9-10(6-14)13-8(4-2)7-15-11(13)12-9/h6-7H,3-5H2,1-2H3. The highest BCUT2D eigenvalue weighted by atomic mass is 32.1. The van der Waals surface area contributed by atoms with Crippen LogP contribution in [0.2, 0.25) is 0 Å². The molecule has 0 bridgehead atoms. The number of aromatic nitrogens is 2. The predicted octanol–water partition coefficient (Wildman–Crippen LogP) is 2.72. The zero-order chi connectivity index (χ0) is 10.8. The third-order valence-electron chi connectivity index (χ3n) is 2.51. The first kappa shape index (κ1) is 10.4. The number of rotatable bonds is 4. The molecule has 0 aliphatic rings. The fourth-order valence-electron chi connectivity index (χ4n) is 1.77. The van der Waals surface area contributed by atoms with Crippen molar-refractivity contribution in [3.63, 3.8) is 0 Å². The fraction of sp³-hybridized carbons (Fsp3) is 0.455. The molecule has 0 aliphatic carbocycles. The summed E-state index contributed by atoms with van der Waals surface area (Å²) in [6.45, 7) is 4.19. The highest BCUT2D eigenvalue weighted by Crippen LogP contribution is 2.21. The summed E-state index contributed by atoms with van der Waals surface area (Å²) in [7, 11) is 0. The molecule has 80 valence electrons. The Morgan fingerprint density at radius 3 is 2.93 bits per heavy atom. The highest BCUT2D eigenvalue weighted by molar-refractivity contribution is 7.15. The summed E-state index contributed by atoms with van der Waals surface area (Å²) in [5.74, 6) is 0. The van der Waals surface area contributed by atoms with E-state index in [1.54, 1.807) is 11.3 Å². The Morgan fingerprint density at radius 2 is 2.33 bits per heavy atom. The Bertz CT molecular complexity index is 484. The molecule has 0 atom stereocenters. The van der Waals surface area contributed by atoms with Gasteiger partial charge < -0.3 is 0 Å². The van der Waals surface area contributed by atoms with Crippen molar-refractivity contribution in [3.8, 4) is 0 Å². The van der Waals surface area contributed by atoms with Gasteiger partial charge in [0.2, 0.25) is 0 Å². The molecule has 0 unspecified atom stereocenters. The van der Waals surface area contributed by atoms with Crippen LogP contribution in [0.15, 0.2) is 5.38 Å². The van der Waals surface area contributed by atoms with Gasteiger partial charge in [-0.1, -0.05) is 20.3 Å². The van der Waals surface area contributed by atoms with E-state index in [-0.39, 0.29) is 0 Å². The van der Waals surface area contributed by atoms with Gasteiger partial charge in [-0.05, 0) is 12.8 Å². The van der Waals surface area contributed by atoms with Crippen LogP contribution in [-0.4, -0.2) is 15.7 Å². The average molecular weight is 222 g/mol. The average Bonchev–Trinajstić information content (AvgIpc) is 2.76. The molecule has 0 saturated heterocycles. The number of carbonyl (C=O) groups excluding carboxylic acids is 1. The van der Waals surface area contributed by atoms with Gasteiger partial charge in [-0.15, -0.1) is 11.3 Å². The molecule has 0 spiro atoms. The summed E-state index contributed by atoms with van der Waals surface area (Å²) in [5, 5.41) is 2.07. The lowest BCUT2D eigenvalue weighted by molar-refractivity contribution is 0.111. The second-order valence-corrected chi connectivity index (χ2v) is 4.35. The topological polar surface area (TPSA) is 34.4 Å². The van der Waals surface area contributed by atoms with Gasteiger partial charge >= 0.3 is 0 Å². The maximum atomic E-state index is 11.1. The molecular weight excluding hydrogens is 208 g/mol. The van der Waals surface area contributed by atoms with Crippen molar-refractivity contribution in [1.29, 1.82) is 0 Å². The lowest BCUT2D eigenvalue weighted by Crippen LogP contribution is -1.97. The molecule has 3 nitrogen and oxygen atoms in total. The van der Waals surface area contributed by atoms with Crippen LogP contribution in [0.1, 0.15) is 42.1 Å². The second-order valence-electron chi connectivity index (χ2n) is 3.51. The first-order valence-corrected chi connectivity index (χ1v) is 6.12. The van der Waals surface area contributed by atoms with Gasteiger partial charge in [0.05, 0.1) is 5.69 Å². The summed E-state index contributed by atoms with van der Waals surface area (Å²) in [6, 6.07) is 0. The van der Waals surface area contributed by atoms with Gasteiger partial charge in [-0.3, -0.25) is 9.20 Å². The maximum Gasteiger partial charge on any atom is 0.194 e. The van der Waals surface area contributed by atoms with E-state index in [0.717, 1.165) is 41.9 Å². The number of imidazole rings is 1. The number of aryl methyl sites for hydroxylation is 2. The second kappa shape index (κ2) is 4.14. The molecule has 0 aliphatic heterocycles. The minimum absolute atomic E-state index is 0.741. The molecule has 2 heterocycles. The van der Waals surface area contributed by atoms with Crippen LogP contribution in [-0.2, 0) is 12.8 Å². The summed E-state index contributed by atoms with van der Waals surface area (Å²) >= 11 is 1.61. The Balaban J connectivity index is 2.64. The van der Waals surface area contributed by atoms with Crippen molar-refractivity contribution in [2.75, 3.05) is 0 Å². The van der Waals surface area contributed by atoms with E-state index < -0.39 is 0 Å². The number of thiazole rings is 1. The maximum absolute atomic E-state index is 11.1. The van der Waals surface area contributed by atoms with Gasteiger partial charge in [-0.25, -0.2) is 4.98 Å². The summed E-state index contributed by atoms with van der Waals surface area (Å²) in [6.07, 6.45) is 3.76. The summed E-state index contributed by atoms with van der Waals surface area (Å²) < 4.78 is 1.99. The zero-order valence-electron chi connectivity index (χ0n) is 8.99. The third kappa shape index (κ3) is 1.59. The van der Waals surface area contributed by atoms with Gasteiger partial charge in [0.1, 0.15) is 5.69 Å². The molecule has 0 amide bonds. The molecule has 0 fully saturated rings. The lowest BCUT2D eigenvalue weighted by Gasteiger charge is -1.97. The van der Waals surface area contributed by atoms with Gasteiger partial charge in [0.15, 0.2) is 11.2 Å². The summed E-state index contributed by atoms with van der Waals surface area (Å²) in [5.41, 5.74) is 2.85. The molecule has 2 aromatic rings. The Morgan fingerprint density at radius 1 is 1.53 bits per heavy atom. The van der Waals surface area contributed by atoms with Crippen LogP contribution in [0, 0.1) is 0 Å². The van der Waals surface area contributed by atoms with E-state index in [9.17, 15) is 4.79 Å². The van der Waals surface area contributed by atoms with Crippen LogP contribution >= 0.6 is 11.3 Å². The monoisotopic (exact) mass is 222 g/mol. The van der Waals surface area contributed by atoms with Crippen LogP contribution in [0.3, 0.4) is 0 Å². The molecule has 0 saturated carbocycles. The predicted molar refractivity (Wildman–Crippen MR) is 61.8 cm³/mol. The fourth-order valence-corrected chi connectivity index (χ4v) is 2.77. The van der Waals surface area contributed by atoms with Crippen LogP contribution < -0.4 is 0 Å². The van der Waals surface area contributed by atoms with Crippen LogP contribution in [0.5, 0.6) is 0 Å². The molecule has 0 N–H and O–H groups in total. The quantitative estimate of drug-likeness (QED) is 0.745. The number of hydrogen-bond acceptors (Lipinski definition) is 3. The van der Waals surface area contributed by atoms with Crippen molar-refractivity contribution in [1.82, 2.24) is 9.38 Å². The Labute approximate surface area is 92.8 Å². The number of aldehydes is 1. The van der Waals surface area contributed by atoms with Crippen LogP contribution in [0.4, 0.5) is 0 Å².